The maximum Gasteiger partial charge on any atom is 0.311 e. The van der Waals surface area contributed by atoms with Gasteiger partial charge < -0.3 is 8.92 Å². The second-order valence-electron chi connectivity index (χ2n) is 11.7. The van der Waals surface area contributed by atoms with Crippen molar-refractivity contribution < 1.29 is 26.9 Å². The monoisotopic (exact) mass is 580 g/mol. The second-order valence-corrected chi connectivity index (χ2v) is 13.3. The second kappa shape index (κ2) is 10.6. The Kier molecular flexibility index (Phi) is 7.48. The van der Waals surface area contributed by atoms with E-state index in [1.165, 1.54) is 16.3 Å². The molecule has 2 atom stereocenters. The summed E-state index contributed by atoms with van der Waals surface area (Å²) in [5.74, 6) is -0.585. The Bertz CT molecular complexity index is 1640. The fraction of sp³-hybridized carbons (Fsp3) is 0.452. The highest BCUT2D eigenvalue weighted by Crippen LogP contribution is 2.64. The Morgan fingerprint density at radius 2 is 1.66 bits per heavy atom. The molecule has 2 fully saturated rings. The van der Waals surface area contributed by atoms with Gasteiger partial charge in [0.1, 0.15) is 11.5 Å². The van der Waals surface area contributed by atoms with Gasteiger partial charge in [0, 0.05) is 13.3 Å². The van der Waals surface area contributed by atoms with Gasteiger partial charge in [0.15, 0.2) is 0 Å². The van der Waals surface area contributed by atoms with Gasteiger partial charge in [-0.25, -0.2) is 9.36 Å². The number of carbonyl (C=O) groups excluding carboxylic acids is 2. The molecule has 9 nitrogen and oxygen atoms in total. The summed E-state index contributed by atoms with van der Waals surface area (Å²) in [4.78, 5) is 38.5. The molecule has 2 saturated carbocycles. The predicted octanol–water partition coefficient (Wildman–Crippen LogP) is 5.00. The molecule has 218 valence electrons. The van der Waals surface area contributed by atoms with Crippen LogP contribution in [0.2, 0.25) is 0 Å². The largest absolute Gasteiger partial charge is 0.427 e. The summed E-state index contributed by atoms with van der Waals surface area (Å²) in [5, 5.41) is 0. The fourth-order valence-electron chi connectivity index (χ4n) is 6.60. The highest BCUT2D eigenvalue weighted by molar-refractivity contribution is 7.87. The first-order valence-electron chi connectivity index (χ1n) is 14.1. The maximum atomic E-state index is 14.0. The van der Waals surface area contributed by atoms with Crippen molar-refractivity contribution in [3.8, 4) is 23.0 Å². The van der Waals surface area contributed by atoms with Gasteiger partial charge in [0.25, 0.3) is 5.56 Å². The molecule has 2 bridgehead atoms. The lowest BCUT2D eigenvalue weighted by Crippen LogP contribution is -2.43. The third-order valence-electron chi connectivity index (χ3n) is 8.99. The fourth-order valence-corrected chi connectivity index (χ4v) is 8.35. The number of hydrogen-bond donors (Lipinski definition) is 0. The molecule has 0 radical (unpaired) electrons. The summed E-state index contributed by atoms with van der Waals surface area (Å²) < 4.78 is 41.6. The number of ketones is 1. The minimum atomic E-state index is -4.32. The number of Topliss-reactive ketones (excluding diaryl/α,β-unsaturated/α-hetero) is 1. The number of carbonyl (C=O) groups is 2. The SMILES string of the molecule is CCCCc1c(OS(=O)(=O)CC23CCC(CC2=O)C3(C)C)n(-c2ccc(OC(C)=O)cc2)n(-c2ccccc2)c1=O. The van der Waals surface area contributed by atoms with Crippen molar-refractivity contribution in [3.63, 3.8) is 0 Å². The quantitative estimate of drug-likeness (QED) is 0.188. The third kappa shape index (κ3) is 5.03. The van der Waals surface area contributed by atoms with Crippen molar-refractivity contribution in [2.24, 2.45) is 16.7 Å². The van der Waals surface area contributed by atoms with Gasteiger partial charge in [-0.2, -0.15) is 8.42 Å². The van der Waals surface area contributed by atoms with Crippen LogP contribution in [0.1, 0.15) is 65.4 Å². The number of hydrogen-bond acceptors (Lipinski definition) is 7. The molecular formula is C31H36N2O7S. The molecular weight excluding hydrogens is 544 g/mol. The van der Waals surface area contributed by atoms with E-state index in [0.29, 0.717) is 42.8 Å². The molecule has 10 heteroatoms. The van der Waals surface area contributed by atoms with Gasteiger partial charge in [-0.1, -0.05) is 45.4 Å². The maximum absolute atomic E-state index is 14.0. The highest BCUT2D eigenvalue weighted by atomic mass is 32.2. The molecule has 0 spiro atoms. The number of ether oxygens (including phenoxy) is 1. The Morgan fingerprint density at radius 1 is 1.00 bits per heavy atom. The smallest absolute Gasteiger partial charge is 0.311 e. The van der Waals surface area contributed by atoms with Gasteiger partial charge in [0.05, 0.1) is 28.1 Å². The van der Waals surface area contributed by atoms with Crippen LogP contribution in [0.3, 0.4) is 0 Å². The summed E-state index contributed by atoms with van der Waals surface area (Å²) >= 11 is 0. The molecule has 0 aliphatic heterocycles. The van der Waals surface area contributed by atoms with Gasteiger partial charge >= 0.3 is 16.1 Å². The molecule has 0 N–H and O–H groups in total. The van der Waals surface area contributed by atoms with Gasteiger partial charge in [-0.15, -0.1) is 0 Å². The first-order chi connectivity index (χ1) is 19.4. The van der Waals surface area contributed by atoms with Crippen molar-refractivity contribution in [2.45, 2.75) is 66.2 Å². The molecule has 2 unspecified atom stereocenters. The van der Waals surface area contributed by atoms with Crippen LogP contribution in [-0.4, -0.2) is 35.3 Å². The van der Waals surface area contributed by atoms with Crippen LogP contribution in [0.4, 0.5) is 0 Å². The number of rotatable bonds is 10. The summed E-state index contributed by atoms with van der Waals surface area (Å²) in [7, 11) is -4.32. The summed E-state index contributed by atoms with van der Waals surface area (Å²) in [6, 6.07) is 15.3. The van der Waals surface area contributed by atoms with Gasteiger partial charge in [-0.3, -0.25) is 14.4 Å². The van der Waals surface area contributed by atoms with E-state index in [1.54, 1.807) is 48.5 Å². The Labute approximate surface area is 240 Å². The van der Waals surface area contributed by atoms with Crippen molar-refractivity contribution >= 4 is 21.9 Å². The molecule has 3 aromatic rings. The van der Waals surface area contributed by atoms with E-state index in [1.807, 2.05) is 26.8 Å². The Balaban J connectivity index is 1.66. The molecule has 2 aliphatic rings. The lowest BCUT2D eigenvalue weighted by atomic mass is 9.70. The van der Waals surface area contributed by atoms with Crippen molar-refractivity contribution in [1.82, 2.24) is 9.36 Å². The summed E-state index contributed by atoms with van der Waals surface area (Å²) in [6.07, 6.45) is 3.43. The van der Waals surface area contributed by atoms with Crippen LogP contribution < -0.4 is 14.5 Å². The van der Waals surface area contributed by atoms with Crippen molar-refractivity contribution in [1.29, 1.82) is 0 Å². The summed E-state index contributed by atoms with van der Waals surface area (Å²) in [5.41, 5.74) is -0.674. The van der Waals surface area contributed by atoms with Crippen LogP contribution in [0.5, 0.6) is 11.6 Å². The molecule has 0 amide bonds. The zero-order valence-electron chi connectivity index (χ0n) is 23.9. The van der Waals surface area contributed by atoms with Crippen LogP contribution in [-0.2, 0) is 26.1 Å². The zero-order valence-corrected chi connectivity index (χ0v) is 24.7. The topological polar surface area (TPSA) is 114 Å². The first-order valence-corrected chi connectivity index (χ1v) is 15.6. The standard InChI is InChI=1S/C31H36N2O7S/c1-5-6-12-26-28(36)32(23-10-8-7-9-11-23)33(24-13-15-25(16-14-24)39-21(2)34)29(26)40-41(37,38)20-31-18-17-22(19-27(31)35)30(31,3)4/h7-11,13-16,22H,5-6,12,17-20H2,1-4H3. The minimum Gasteiger partial charge on any atom is -0.427 e. The van der Waals surface area contributed by atoms with E-state index >= 15 is 0 Å². The molecule has 5 rings (SSSR count). The van der Waals surface area contributed by atoms with Crippen LogP contribution >= 0.6 is 0 Å². The molecule has 0 saturated heterocycles. The average molecular weight is 581 g/mol. The number of esters is 1. The number of fused-ring (bicyclic) bond motifs is 2. The van der Waals surface area contributed by atoms with Crippen LogP contribution in [0.25, 0.3) is 11.4 Å². The number of unbranched alkanes of at least 4 members (excludes halogenated alkanes) is 1. The Morgan fingerprint density at radius 3 is 2.22 bits per heavy atom. The highest BCUT2D eigenvalue weighted by Gasteiger charge is 2.65. The van der Waals surface area contributed by atoms with E-state index in [9.17, 15) is 22.8 Å². The van der Waals surface area contributed by atoms with Crippen LogP contribution in [0.15, 0.2) is 59.4 Å². The Hall–Kier alpha value is -3.66. The lowest BCUT2D eigenvalue weighted by molar-refractivity contribution is -0.132. The van der Waals surface area contributed by atoms with E-state index in [-0.39, 0.29) is 23.1 Å². The third-order valence-corrected chi connectivity index (χ3v) is 10.3. The van der Waals surface area contributed by atoms with E-state index in [0.717, 1.165) is 12.8 Å². The zero-order chi connectivity index (χ0) is 29.6. The molecule has 2 aliphatic carbocycles. The van der Waals surface area contributed by atoms with Crippen molar-refractivity contribution in [2.75, 3.05) is 5.75 Å². The number of para-hydroxylation sites is 1. The first kappa shape index (κ1) is 28.9. The molecule has 2 aromatic carbocycles. The molecule has 1 aromatic heterocycles. The number of aromatic nitrogens is 2. The van der Waals surface area contributed by atoms with Crippen molar-refractivity contribution in [3.05, 3.63) is 70.5 Å². The van der Waals surface area contributed by atoms with Gasteiger partial charge in [-0.05, 0) is 73.4 Å². The molecule has 1 heterocycles. The van der Waals surface area contributed by atoms with E-state index in [2.05, 4.69) is 0 Å². The van der Waals surface area contributed by atoms with E-state index in [4.69, 9.17) is 8.92 Å². The number of nitrogens with zero attached hydrogens (tertiary/aromatic N) is 2. The van der Waals surface area contributed by atoms with Crippen LogP contribution in [0, 0.1) is 16.7 Å². The normalized spacial score (nSPS) is 21.3. The number of benzene rings is 2. The van der Waals surface area contributed by atoms with E-state index < -0.39 is 38.2 Å². The van der Waals surface area contributed by atoms with Gasteiger partial charge in [0.2, 0.25) is 5.88 Å². The molecule has 41 heavy (non-hydrogen) atoms. The lowest BCUT2D eigenvalue weighted by Gasteiger charge is -2.35. The minimum absolute atomic E-state index is 0.0302. The summed E-state index contributed by atoms with van der Waals surface area (Å²) in [6.45, 7) is 7.24. The average Bonchev–Trinajstić information content (AvgIpc) is 3.39. The predicted molar refractivity (Wildman–Crippen MR) is 154 cm³/mol.